The van der Waals surface area contributed by atoms with E-state index in [9.17, 15) is 9.59 Å². The van der Waals surface area contributed by atoms with Crippen LogP contribution < -0.4 is 21.7 Å². The molecule has 0 bridgehead atoms. The number of hydrogen-bond donors (Lipinski definition) is 4. The number of nitrogens with two attached hydrogens (primary N) is 1. The molecule has 186 valence electrons. The Labute approximate surface area is 215 Å². The molecule has 5 N–H and O–H groups in total. The molecule has 37 heavy (non-hydrogen) atoms. The number of fused-ring (bicyclic) bond motifs is 1. The molecular weight excluding hydrogens is 464 g/mol. The Bertz CT molecular complexity index is 1490. The van der Waals surface area contributed by atoms with Crippen molar-refractivity contribution < 1.29 is 9.59 Å². The summed E-state index contributed by atoms with van der Waals surface area (Å²) in [5.41, 5.74) is 9.68. The minimum Gasteiger partial charge on any atom is -0.366 e. The third-order valence-corrected chi connectivity index (χ3v) is 6.46. The predicted octanol–water partition coefficient (Wildman–Crippen LogP) is 5.44. The van der Waals surface area contributed by atoms with Gasteiger partial charge in [-0.2, -0.15) is 4.98 Å². The Morgan fingerprint density at radius 2 is 1.65 bits per heavy atom. The summed E-state index contributed by atoms with van der Waals surface area (Å²) in [6, 6.07) is 22.0. The molecule has 2 amide bonds. The minimum absolute atomic E-state index is 0.106. The number of carbonyl (C=O) groups is 2. The maximum Gasteiger partial charge on any atom is 0.251 e. The second-order valence-electron chi connectivity index (χ2n) is 9.15. The van der Waals surface area contributed by atoms with E-state index in [1.807, 2.05) is 42.5 Å². The number of primary amides is 1. The van der Waals surface area contributed by atoms with Gasteiger partial charge in [-0.15, -0.1) is 0 Å². The Kier molecular flexibility index (Phi) is 6.81. The van der Waals surface area contributed by atoms with E-state index in [1.54, 1.807) is 30.3 Å². The van der Waals surface area contributed by atoms with Gasteiger partial charge in [-0.25, -0.2) is 4.98 Å². The van der Waals surface area contributed by atoms with Crippen molar-refractivity contribution in [2.75, 3.05) is 10.6 Å². The van der Waals surface area contributed by atoms with E-state index in [4.69, 9.17) is 5.73 Å². The van der Waals surface area contributed by atoms with E-state index >= 15 is 0 Å². The number of aromatic nitrogens is 2. The highest BCUT2D eigenvalue weighted by molar-refractivity contribution is 6.01. The molecule has 0 spiro atoms. The fourth-order valence-corrected chi connectivity index (χ4v) is 4.47. The molecule has 1 heterocycles. The third-order valence-electron chi connectivity index (χ3n) is 6.46. The Morgan fingerprint density at radius 3 is 2.46 bits per heavy atom. The number of benzene rings is 3. The van der Waals surface area contributed by atoms with E-state index in [-0.39, 0.29) is 11.9 Å². The van der Waals surface area contributed by atoms with E-state index in [0.717, 1.165) is 31.1 Å². The zero-order chi connectivity index (χ0) is 25.8. The summed E-state index contributed by atoms with van der Waals surface area (Å²) < 4.78 is 0. The van der Waals surface area contributed by atoms with E-state index in [0.29, 0.717) is 39.8 Å². The molecular formula is C29H28N6O2. The first-order chi connectivity index (χ1) is 18.0. The number of rotatable bonds is 7. The first-order valence-corrected chi connectivity index (χ1v) is 12.2. The van der Waals surface area contributed by atoms with Gasteiger partial charge in [0.15, 0.2) is 0 Å². The highest BCUT2D eigenvalue weighted by Gasteiger charge is 2.19. The van der Waals surface area contributed by atoms with Gasteiger partial charge >= 0.3 is 0 Å². The van der Waals surface area contributed by atoms with Crippen LogP contribution in [0.5, 0.6) is 0 Å². The van der Waals surface area contributed by atoms with E-state index in [2.05, 4.69) is 32.5 Å². The van der Waals surface area contributed by atoms with Crippen LogP contribution in [0.25, 0.3) is 10.9 Å². The van der Waals surface area contributed by atoms with Crippen molar-refractivity contribution in [3.63, 3.8) is 0 Å². The van der Waals surface area contributed by atoms with Crippen molar-refractivity contribution in [2.24, 2.45) is 5.73 Å². The average Bonchev–Trinajstić information content (AvgIpc) is 2.90. The Morgan fingerprint density at radius 1 is 0.892 bits per heavy atom. The smallest absolute Gasteiger partial charge is 0.251 e. The van der Waals surface area contributed by atoms with Gasteiger partial charge in [-0.3, -0.25) is 9.59 Å². The maximum atomic E-state index is 12.9. The lowest BCUT2D eigenvalue weighted by Gasteiger charge is -2.24. The van der Waals surface area contributed by atoms with Crippen molar-refractivity contribution in [3.05, 3.63) is 96.1 Å². The fraction of sp³-hybridized carbons (Fsp3) is 0.172. The van der Waals surface area contributed by atoms with Crippen LogP contribution in [0.4, 0.5) is 23.1 Å². The van der Waals surface area contributed by atoms with Crippen molar-refractivity contribution in [1.82, 2.24) is 15.3 Å². The largest absolute Gasteiger partial charge is 0.366 e. The number of allylic oxidation sites excluding steroid dienone is 1. The minimum atomic E-state index is -0.534. The van der Waals surface area contributed by atoms with Crippen LogP contribution in [-0.2, 0) is 0 Å². The van der Waals surface area contributed by atoms with Gasteiger partial charge in [-0.05, 0) is 68.1 Å². The van der Waals surface area contributed by atoms with Crippen molar-refractivity contribution in [3.8, 4) is 0 Å². The number of nitrogens with zero attached hydrogens (tertiary/aromatic N) is 2. The summed E-state index contributed by atoms with van der Waals surface area (Å²) in [4.78, 5) is 34.1. The van der Waals surface area contributed by atoms with Gasteiger partial charge in [0.25, 0.3) is 11.8 Å². The Hall–Kier alpha value is -4.72. The van der Waals surface area contributed by atoms with Gasteiger partial charge in [0.05, 0.1) is 16.8 Å². The van der Waals surface area contributed by atoms with Gasteiger partial charge in [0, 0.05) is 22.7 Å². The lowest BCUT2D eigenvalue weighted by Crippen LogP contribution is -2.36. The van der Waals surface area contributed by atoms with Crippen molar-refractivity contribution in [2.45, 2.75) is 31.7 Å². The summed E-state index contributed by atoms with van der Waals surface area (Å²) in [5.74, 6) is 0.231. The van der Waals surface area contributed by atoms with Gasteiger partial charge in [0.2, 0.25) is 5.95 Å². The van der Waals surface area contributed by atoms with Crippen LogP contribution in [0.2, 0.25) is 0 Å². The van der Waals surface area contributed by atoms with Crippen LogP contribution in [0.1, 0.15) is 46.4 Å². The van der Waals surface area contributed by atoms with Gasteiger partial charge < -0.3 is 21.7 Å². The molecule has 0 radical (unpaired) electrons. The second kappa shape index (κ2) is 10.5. The van der Waals surface area contributed by atoms with Gasteiger partial charge in [-0.1, -0.05) is 42.5 Å². The monoisotopic (exact) mass is 492 g/mol. The molecule has 8 nitrogen and oxygen atoms in total. The molecule has 4 aromatic rings. The van der Waals surface area contributed by atoms with Gasteiger partial charge in [0.1, 0.15) is 5.82 Å². The molecule has 5 rings (SSSR count). The molecule has 0 aliphatic heterocycles. The van der Waals surface area contributed by atoms with Crippen LogP contribution in [0.3, 0.4) is 0 Å². The van der Waals surface area contributed by atoms with Crippen molar-refractivity contribution >= 4 is 45.9 Å². The quantitative estimate of drug-likeness (QED) is 0.255. The topological polar surface area (TPSA) is 122 Å². The molecule has 0 saturated heterocycles. The lowest BCUT2D eigenvalue weighted by molar-refractivity contribution is 0.0929. The van der Waals surface area contributed by atoms with E-state index in [1.165, 1.54) is 5.57 Å². The number of carbonyl (C=O) groups excluding carboxylic acids is 2. The number of hydrogen-bond acceptors (Lipinski definition) is 6. The first-order valence-electron chi connectivity index (χ1n) is 12.2. The first kappa shape index (κ1) is 24.0. The zero-order valence-electron chi connectivity index (χ0n) is 20.3. The zero-order valence-corrected chi connectivity index (χ0v) is 20.3. The number of para-hydroxylation sites is 2. The molecule has 0 unspecified atom stereocenters. The van der Waals surface area contributed by atoms with Crippen LogP contribution in [0.15, 0.2) is 84.9 Å². The second-order valence-corrected chi connectivity index (χ2v) is 9.15. The molecule has 1 aromatic heterocycles. The molecule has 1 fully saturated rings. The normalized spacial score (nSPS) is 13.8. The summed E-state index contributed by atoms with van der Waals surface area (Å²) in [5, 5.41) is 10.4. The fourth-order valence-electron chi connectivity index (χ4n) is 4.47. The average molecular weight is 493 g/mol. The third kappa shape index (κ3) is 5.59. The SMILES string of the molecule is C=C1CCC(NC(=O)c2cccc(Nc3nc(Nc4ccccc4C(N)=O)c4ccccc4n3)c2)CC1. The molecule has 3 aromatic carbocycles. The van der Waals surface area contributed by atoms with E-state index < -0.39 is 5.91 Å². The molecule has 1 aliphatic carbocycles. The maximum absolute atomic E-state index is 12.9. The lowest BCUT2D eigenvalue weighted by atomic mass is 9.92. The molecule has 0 atom stereocenters. The Balaban J connectivity index is 1.40. The molecule has 8 heteroatoms. The number of amides is 2. The van der Waals surface area contributed by atoms with Crippen LogP contribution in [0, 0.1) is 0 Å². The number of anilines is 4. The van der Waals surface area contributed by atoms with Crippen LogP contribution in [-0.4, -0.2) is 27.8 Å². The molecule has 1 saturated carbocycles. The summed E-state index contributed by atoms with van der Waals surface area (Å²) in [6.07, 6.45) is 3.74. The number of nitrogens with one attached hydrogen (secondary N) is 3. The summed E-state index contributed by atoms with van der Waals surface area (Å²) in [7, 11) is 0. The highest BCUT2D eigenvalue weighted by Crippen LogP contribution is 2.28. The highest BCUT2D eigenvalue weighted by atomic mass is 16.2. The summed E-state index contributed by atoms with van der Waals surface area (Å²) in [6.45, 7) is 4.04. The predicted molar refractivity (Wildman–Crippen MR) is 146 cm³/mol. The standard InChI is InChI=1S/C29H28N6O2/c1-18-13-15-20(16-14-18)31-28(37)19-7-6-8-21(17-19)32-29-34-25-12-5-3-10-23(25)27(35-29)33-24-11-4-2-9-22(24)26(30)36/h2-12,17,20H,1,13-16H2,(H2,30,36)(H,31,37)(H2,32,33,34,35). The molecule has 1 aliphatic rings. The van der Waals surface area contributed by atoms with Crippen LogP contribution >= 0.6 is 0 Å². The summed E-state index contributed by atoms with van der Waals surface area (Å²) >= 11 is 0. The van der Waals surface area contributed by atoms with Crippen molar-refractivity contribution in [1.29, 1.82) is 0 Å².